The van der Waals surface area contributed by atoms with Gasteiger partial charge in [0.25, 0.3) is 5.91 Å². The van der Waals surface area contributed by atoms with Crippen LogP contribution < -0.4 is 4.90 Å². The Kier molecular flexibility index (Phi) is 5.91. The van der Waals surface area contributed by atoms with Gasteiger partial charge >= 0.3 is 0 Å². The normalized spacial score (nSPS) is 15.3. The van der Waals surface area contributed by atoms with Crippen molar-refractivity contribution >= 4 is 11.6 Å². The summed E-state index contributed by atoms with van der Waals surface area (Å²) in [6.45, 7) is 7.88. The van der Waals surface area contributed by atoms with Crippen molar-refractivity contribution in [2.45, 2.75) is 33.1 Å². The molecule has 0 bridgehead atoms. The molecule has 1 fully saturated rings. The van der Waals surface area contributed by atoms with Crippen molar-refractivity contribution < 1.29 is 4.79 Å². The number of hydrogen-bond donors (Lipinski definition) is 0. The number of rotatable bonds is 6. The lowest BCUT2D eigenvalue weighted by Gasteiger charge is -2.32. The summed E-state index contributed by atoms with van der Waals surface area (Å²) in [5.74, 6) is 1.75. The summed E-state index contributed by atoms with van der Waals surface area (Å²) in [4.78, 5) is 17.1. The maximum absolute atomic E-state index is 12.8. The Morgan fingerprint density at radius 3 is 2.35 bits per heavy atom. The van der Waals surface area contributed by atoms with Crippen LogP contribution in [0, 0.1) is 5.92 Å². The second-order valence-corrected chi connectivity index (χ2v) is 7.02. The lowest BCUT2D eigenvalue weighted by atomic mass is 9.93. The third-order valence-electron chi connectivity index (χ3n) is 5.42. The predicted molar refractivity (Wildman–Crippen MR) is 103 cm³/mol. The SMILES string of the molecule is CCN(CC)c1ccc(C(=O)N2CCC(Cc3nncn3C)CC2)cc1. The Bertz CT molecular complexity index is 712. The quantitative estimate of drug-likeness (QED) is 0.799. The molecule has 2 aromatic rings. The smallest absolute Gasteiger partial charge is 0.253 e. The van der Waals surface area contributed by atoms with Gasteiger partial charge in [0, 0.05) is 50.9 Å². The van der Waals surface area contributed by atoms with E-state index in [-0.39, 0.29) is 5.91 Å². The van der Waals surface area contributed by atoms with Gasteiger partial charge in [-0.1, -0.05) is 0 Å². The molecule has 1 aromatic heterocycles. The minimum Gasteiger partial charge on any atom is -0.372 e. The molecule has 0 atom stereocenters. The van der Waals surface area contributed by atoms with Crippen LogP contribution in [-0.2, 0) is 13.5 Å². The van der Waals surface area contributed by atoms with E-state index in [2.05, 4.69) is 41.1 Å². The average Bonchev–Trinajstić information content (AvgIpc) is 3.08. The summed E-state index contributed by atoms with van der Waals surface area (Å²) in [7, 11) is 1.98. The molecule has 6 heteroatoms. The van der Waals surface area contributed by atoms with Gasteiger partial charge in [0.1, 0.15) is 12.2 Å². The number of anilines is 1. The third-order valence-corrected chi connectivity index (χ3v) is 5.42. The topological polar surface area (TPSA) is 54.3 Å². The first kappa shape index (κ1) is 18.4. The van der Waals surface area contributed by atoms with Crippen LogP contribution in [0.25, 0.3) is 0 Å². The van der Waals surface area contributed by atoms with Gasteiger partial charge in [-0.2, -0.15) is 0 Å². The van der Waals surface area contributed by atoms with E-state index in [1.165, 1.54) is 5.69 Å². The van der Waals surface area contributed by atoms with Gasteiger partial charge in [-0.05, 0) is 56.9 Å². The van der Waals surface area contributed by atoms with Crippen LogP contribution in [-0.4, -0.2) is 51.8 Å². The van der Waals surface area contributed by atoms with Crippen LogP contribution in [0.4, 0.5) is 5.69 Å². The molecular weight excluding hydrogens is 326 g/mol. The number of carbonyl (C=O) groups excluding carboxylic acids is 1. The third kappa shape index (κ3) is 4.06. The number of amides is 1. The minimum absolute atomic E-state index is 0.146. The molecule has 2 heterocycles. The lowest BCUT2D eigenvalue weighted by Crippen LogP contribution is -2.39. The predicted octanol–water partition coefficient (Wildman–Crippen LogP) is 2.76. The second kappa shape index (κ2) is 8.34. The van der Waals surface area contributed by atoms with E-state index >= 15 is 0 Å². The summed E-state index contributed by atoms with van der Waals surface area (Å²) in [5.41, 5.74) is 1.96. The van der Waals surface area contributed by atoms with Crippen molar-refractivity contribution in [3.63, 3.8) is 0 Å². The summed E-state index contributed by atoms with van der Waals surface area (Å²) in [6.07, 6.45) is 4.74. The molecule has 0 N–H and O–H groups in total. The van der Waals surface area contributed by atoms with Crippen molar-refractivity contribution in [2.24, 2.45) is 13.0 Å². The Morgan fingerprint density at radius 2 is 1.81 bits per heavy atom. The molecule has 0 radical (unpaired) electrons. The van der Waals surface area contributed by atoms with E-state index in [4.69, 9.17) is 0 Å². The highest BCUT2D eigenvalue weighted by Gasteiger charge is 2.24. The van der Waals surface area contributed by atoms with E-state index in [0.717, 1.165) is 56.8 Å². The lowest BCUT2D eigenvalue weighted by molar-refractivity contribution is 0.0689. The van der Waals surface area contributed by atoms with Gasteiger partial charge in [-0.3, -0.25) is 4.79 Å². The van der Waals surface area contributed by atoms with Crippen LogP contribution in [0.5, 0.6) is 0 Å². The zero-order chi connectivity index (χ0) is 18.5. The number of aryl methyl sites for hydroxylation is 1. The molecule has 26 heavy (non-hydrogen) atoms. The van der Waals surface area contributed by atoms with Crippen molar-refractivity contribution in [3.05, 3.63) is 42.0 Å². The number of likely N-dealkylation sites (tertiary alicyclic amines) is 1. The molecule has 0 saturated carbocycles. The Balaban J connectivity index is 1.55. The second-order valence-electron chi connectivity index (χ2n) is 7.02. The standard InChI is InChI=1S/C20H29N5O/c1-4-24(5-2)18-8-6-17(7-9-18)20(26)25-12-10-16(11-13-25)14-19-22-21-15-23(19)3/h6-9,15-16H,4-5,10-14H2,1-3H3. The molecule has 1 amide bonds. The van der Waals surface area contributed by atoms with Gasteiger partial charge < -0.3 is 14.4 Å². The Hall–Kier alpha value is -2.37. The van der Waals surface area contributed by atoms with Gasteiger partial charge in [0.2, 0.25) is 0 Å². The number of nitrogens with zero attached hydrogens (tertiary/aromatic N) is 5. The molecule has 0 unspecified atom stereocenters. The minimum atomic E-state index is 0.146. The van der Waals surface area contributed by atoms with Crippen molar-refractivity contribution in [1.29, 1.82) is 0 Å². The fourth-order valence-corrected chi connectivity index (χ4v) is 3.68. The van der Waals surface area contributed by atoms with Crippen LogP contribution in [0.2, 0.25) is 0 Å². The summed E-state index contributed by atoms with van der Waals surface area (Å²) >= 11 is 0. The molecule has 1 aliphatic rings. The maximum Gasteiger partial charge on any atom is 0.253 e. The first-order chi connectivity index (χ1) is 12.6. The monoisotopic (exact) mass is 355 g/mol. The molecule has 1 aromatic carbocycles. The van der Waals surface area contributed by atoms with Gasteiger partial charge in [-0.15, -0.1) is 10.2 Å². The Morgan fingerprint density at radius 1 is 1.15 bits per heavy atom. The van der Waals surface area contributed by atoms with Gasteiger partial charge in [0.05, 0.1) is 0 Å². The number of aromatic nitrogens is 3. The van der Waals surface area contributed by atoms with E-state index in [0.29, 0.717) is 5.92 Å². The molecule has 6 nitrogen and oxygen atoms in total. The first-order valence-corrected chi connectivity index (χ1v) is 9.59. The van der Waals surface area contributed by atoms with Crippen LogP contribution in [0.3, 0.4) is 0 Å². The molecular formula is C20H29N5O. The molecule has 0 aliphatic carbocycles. The molecule has 3 rings (SSSR count). The van der Waals surface area contributed by atoms with E-state index < -0.39 is 0 Å². The van der Waals surface area contributed by atoms with Crippen molar-refractivity contribution in [3.8, 4) is 0 Å². The average molecular weight is 355 g/mol. The number of benzene rings is 1. The zero-order valence-electron chi connectivity index (χ0n) is 16.1. The van der Waals surface area contributed by atoms with Crippen molar-refractivity contribution in [2.75, 3.05) is 31.1 Å². The highest BCUT2D eigenvalue weighted by Crippen LogP contribution is 2.23. The Labute approximate surface area is 155 Å². The highest BCUT2D eigenvalue weighted by atomic mass is 16.2. The molecule has 1 aliphatic heterocycles. The first-order valence-electron chi connectivity index (χ1n) is 9.59. The van der Waals surface area contributed by atoms with Crippen LogP contribution in [0.15, 0.2) is 30.6 Å². The summed E-state index contributed by atoms with van der Waals surface area (Å²) < 4.78 is 1.98. The fraction of sp³-hybridized carbons (Fsp3) is 0.550. The van der Waals surface area contributed by atoms with Gasteiger partial charge in [0.15, 0.2) is 0 Å². The van der Waals surface area contributed by atoms with Crippen molar-refractivity contribution in [1.82, 2.24) is 19.7 Å². The van der Waals surface area contributed by atoms with Crippen LogP contribution in [0.1, 0.15) is 42.9 Å². The molecule has 0 spiro atoms. The largest absolute Gasteiger partial charge is 0.372 e. The number of carbonyl (C=O) groups is 1. The number of piperidine rings is 1. The number of hydrogen-bond acceptors (Lipinski definition) is 4. The van der Waals surface area contributed by atoms with E-state index in [9.17, 15) is 4.79 Å². The van der Waals surface area contributed by atoms with Crippen LogP contribution >= 0.6 is 0 Å². The van der Waals surface area contributed by atoms with E-state index in [1.54, 1.807) is 6.33 Å². The molecule has 1 saturated heterocycles. The summed E-state index contributed by atoms with van der Waals surface area (Å²) in [5, 5.41) is 8.12. The molecule has 140 valence electrons. The maximum atomic E-state index is 12.8. The summed E-state index contributed by atoms with van der Waals surface area (Å²) in [6, 6.07) is 8.03. The van der Waals surface area contributed by atoms with E-state index in [1.807, 2.05) is 28.6 Å². The fourth-order valence-electron chi connectivity index (χ4n) is 3.68. The van der Waals surface area contributed by atoms with Gasteiger partial charge in [-0.25, -0.2) is 0 Å². The zero-order valence-corrected chi connectivity index (χ0v) is 16.1. The highest BCUT2D eigenvalue weighted by molar-refractivity contribution is 5.94.